The lowest BCUT2D eigenvalue weighted by Gasteiger charge is -2.20. The SMILES string of the molecule is COC1CN(C(=O)C(N)c2ccc(C)cc2)CC1OC. The maximum atomic E-state index is 12.4. The smallest absolute Gasteiger partial charge is 0.244 e. The van der Waals surface area contributed by atoms with Crippen molar-refractivity contribution in [2.75, 3.05) is 27.3 Å². The number of benzene rings is 1. The van der Waals surface area contributed by atoms with E-state index in [9.17, 15) is 4.79 Å². The fourth-order valence-electron chi connectivity index (χ4n) is 2.49. The molecule has 1 heterocycles. The second-order valence-electron chi connectivity index (χ2n) is 5.18. The number of aryl methyl sites for hydroxylation is 1. The molecule has 2 rings (SSSR count). The molecule has 1 aromatic carbocycles. The van der Waals surface area contributed by atoms with Crippen molar-refractivity contribution in [2.24, 2.45) is 5.73 Å². The van der Waals surface area contributed by atoms with Crippen LogP contribution in [0, 0.1) is 6.92 Å². The summed E-state index contributed by atoms with van der Waals surface area (Å²) in [6.07, 6.45) is -0.177. The third kappa shape index (κ3) is 3.00. The Kier molecular flexibility index (Phi) is 4.75. The van der Waals surface area contributed by atoms with Gasteiger partial charge in [-0.3, -0.25) is 4.79 Å². The van der Waals surface area contributed by atoms with Crippen LogP contribution < -0.4 is 5.73 Å². The summed E-state index contributed by atoms with van der Waals surface area (Å²) in [6.45, 7) is 3.05. The molecule has 20 heavy (non-hydrogen) atoms. The van der Waals surface area contributed by atoms with Crippen molar-refractivity contribution in [3.63, 3.8) is 0 Å². The molecule has 3 unspecified atom stereocenters. The Morgan fingerprint density at radius 1 is 1.20 bits per heavy atom. The fourth-order valence-corrected chi connectivity index (χ4v) is 2.49. The normalized spacial score (nSPS) is 23.9. The van der Waals surface area contributed by atoms with Crippen molar-refractivity contribution < 1.29 is 14.3 Å². The largest absolute Gasteiger partial charge is 0.377 e. The Balaban J connectivity index is 2.06. The van der Waals surface area contributed by atoms with Crippen molar-refractivity contribution in [3.05, 3.63) is 35.4 Å². The van der Waals surface area contributed by atoms with Gasteiger partial charge < -0.3 is 20.1 Å². The number of hydrogen-bond donors (Lipinski definition) is 1. The minimum absolute atomic E-state index is 0.0875. The molecule has 0 aromatic heterocycles. The van der Waals surface area contributed by atoms with Crippen LogP contribution in [0.25, 0.3) is 0 Å². The van der Waals surface area contributed by atoms with E-state index in [0.717, 1.165) is 11.1 Å². The first-order valence-electron chi connectivity index (χ1n) is 6.73. The Labute approximate surface area is 119 Å². The first-order chi connectivity index (χ1) is 9.56. The number of nitrogens with zero attached hydrogens (tertiary/aromatic N) is 1. The fraction of sp³-hybridized carbons (Fsp3) is 0.533. The van der Waals surface area contributed by atoms with Crippen LogP contribution in [0.3, 0.4) is 0 Å². The maximum Gasteiger partial charge on any atom is 0.244 e. The van der Waals surface area contributed by atoms with Gasteiger partial charge >= 0.3 is 0 Å². The van der Waals surface area contributed by atoms with Crippen LogP contribution in [0.5, 0.6) is 0 Å². The Hall–Kier alpha value is -1.43. The first kappa shape index (κ1) is 15.0. The number of hydrogen-bond acceptors (Lipinski definition) is 4. The van der Waals surface area contributed by atoms with Crippen LogP contribution in [-0.2, 0) is 14.3 Å². The van der Waals surface area contributed by atoms with Crippen LogP contribution in [0.1, 0.15) is 17.2 Å². The van der Waals surface area contributed by atoms with E-state index in [2.05, 4.69) is 0 Å². The number of likely N-dealkylation sites (tertiary alicyclic amines) is 1. The Morgan fingerprint density at radius 2 is 1.70 bits per heavy atom. The summed E-state index contributed by atoms with van der Waals surface area (Å²) >= 11 is 0. The molecule has 5 heteroatoms. The third-order valence-corrected chi connectivity index (χ3v) is 3.84. The van der Waals surface area contributed by atoms with E-state index in [0.29, 0.717) is 13.1 Å². The highest BCUT2D eigenvalue weighted by molar-refractivity contribution is 5.83. The van der Waals surface area contributed by atoms with Crippen LogP contribution in [0.2, 0.25) is 0 Å². The molecule has 1 aliphatic heterocycles. The van der Waals surface area contributed by atoms with Crippen LogP contribution in [-0.4, -0.2) is 50.3 Å². The standard InChI is InChI=1S/C15H22N2O3/c1-10-4-6-11(7-5-10)14(16)15(18)17-8-12(19-2)13(9-17)20-3/h4-7,12-14H,8-9,16H2,1-3H3. The van der Waals surface area contributed by atoms with Gasteiger partial charge in [0.25, 0.3) is 0 Å². The monoisotopic (exact) mass is 278 g/mol. The van der Waals surface area contributed by atoms with E-state index in [4.69, 9.17) is 15.2 Å². The van der Waals surface area contributed by atoms with Crippen molar-refractivity contribution in [1.29, 1.82) is 0 Å². The first-order valence-corrected chi connectivity index (χ1v) is 6.73. The molecular formula is C15H22N2O3. The zero-order valence-corrected chi connectivity index (χ0v) is 12.2. The number of methoxy groups -OCH3 is 2. The molecule has 2 N–H and O–H groups in total. The molecule has 0 radical (unpaired) electrons. The number of ether oxygens (including phenoxy) is 2. The zero-order chi connectivity index (χ0) is 14.7. The lowest BCUT2D eigenvalue weighted by atomic mass is 10.1. The molecule has 0 bridgehead atoms. The molecule has 0 saturated carbocycles. The Morgan fingerprint density at radius 3 is 2.15 bits per heavy atom. The van der Waals surface area contributed by atoms with Crippen LogP contribution >= 0.6 is 0 Å². The van der Waals surface area contributed by atoms with Crippen molar-refractivity contribution >= 4 is 5.91 Å². The van der Waals surface area contributed by atoms with E-state index in [1.54, 1.807) is 19.1 Å². The highest BCUT2D eigenvalue weighted by atomic mass is 16.5. The molecule has 1 aliphatic rings. The van der Waals surface area contributed by atoms with E-state index >= 15 is 0 Å². The highest BCUT2D eigenvalue weighted by Crippen LogP contribution is 2.20. The number of rotatable bonds is 4. The van der Waals surface area contributed by atoms with Crippen molar-refractivity contribution in [3.8, 4) is 0 Å². The van der Waals surface area contributed by atoms with Gasteiger partial charge in [0.15, 0.2) is 0 Å². The summed E-state index contributed by atoms with van der Waals surface area (Å²) in [4.78, 5) is 14.2. The number of amides is 1. The average molecular weight is 278 g/mol. The van der Waals surface area contributed by atoms with E-state index < -0.39 is 6.04 Å². The van der Waals surface area contributed by atoms with Gasteiger partial charge in [0.2, 0.25) is 5.91 Å². The summed E-state index contributed by atoms with van der Waals surface area (Å²) in [5.74, 6) is -0.0875. The van der Waals surface area contributed by atoms with Crippen molar-refractivity contribution in [2.45, 2.75) is 25.2 Å². The van der Waals surface area contributed by atoms with Gasteiger partial charge in [-0.25, -0.2) is 0 Å². The van der Waals surface area contributed by atoms with Gasteiger partial charge in [-0.1, -0.05) is 29.8 Å². The molecule has 0 aliphatic carbocycles. The lowest BCUT2D eigenvalue weighted by molar-refractivity contribution is -0.132. The molecule has 5 nitrogen and oxygen atoms in total. The summed E-state index contributed by atoms with van der Waals surface area (Å²) in [7, 11) is 3.26. The van der Waals surface area contributed by atoms with Gasteiger partial charge in [0.05, 0.1) is 0 Å². The number of carbonyl (C=O) groups excluding carboxylic acids is 1. The molecule has 1 fully saturated rings. The molecule has 0 spiro atoms. The summed E-state index contributed by atoms with van der Waals surface area (Å²) in [5, 5.41) is 0. The van der Waals surface area contributed by atoms with Crippen LogP contribution in [0.15, 0.2) is 24.3 Å². The predicted octanol–water partition coefficient (Wildman–Crippen LogP) is 0.867. The van der Waals surface area contributed by atoms with Gasteiger partial charge in [0.1, 0.15) is 18.2 Å². The van der Waals surface area contributed by atoms with Gasteiger partial charge in [-0.05, 0) is 12.5 Å². The third-order valence-electron chi connectivity index (χ3n) is 3.84. The summed E-state index contributed by atoms with van der Waals surface area (Å²) < 4.78 is 10.7. The molecule has 3 atom stereocenters. The topological polar surface area (TPSA) is 64.8 Å². The highest BCUT2D eigenvalue weighted by Gasteiger charge is 2.37. The van der Waals surface area contributed by atoms with E-state index in [1.165, 1.54) is 0 Å². The zero-order valence-electron chi connectivity index (χ0n) is 12.2. The lowest BCUT2D eigenvalue weighted by Crippen LogP contribution is -2.37. The van der Waals surface area contributed by atoms with Gasteiger partial charge in [-0.2, -0.15) is 0 Å². The van der Waals surface area contributed by atoms with Crippen LogP contribution in [0.4, 0.5) is 0 Å². The van der Waals surface area contributed by atoms with E-state index in [-0.39, 0.29) is 18.1 Å². The molecule has 110 valence electrons. The van der Waals surface area contributed by atoms with Crippen molar-refractivity contribution in [1.82, 2.24) is 4.90 Å². The maximum absolute atomic E-state index is 12.4. The molecule has 1 aromatic rings. The average Bonchev–Trinajstić information content (AvgIpc) is 2.89. The Bertz CT molecular complexity index is 449. The van der Waals surface area contributed by atoms with Gasteiger partial charge in [-0.15, -0.1) is 0 Å². The second-order valence-corrected chi connectivity index (χ2v) is 5.18. The molecule has 1 amide bonds. The number of nitrogens with two attached hydrogens (primary N) is 1. The second kappa shape index (κ2) is 6.35. The van der Waals surface area contributed by atoms with Gasteiger partial charge in [0, 0.05) is 27.3 Å². The quantitative estimate of drug-likeness (QED) is 0.887. The minimum Gasteiger partial charge on any atom is -0.377 e. The predicted molar refractivity (Wildman–Crippen MR) is 76.3 cm³/mol. The van der Waals surface area contributed by atoms with E-state index in [1.807, 2.05) is 31.2 Å². The number of carbonyl (C=O) groups is 1. The molecular weight excluding hydrogens is 256 g/mol. The summed E-state index contributed by atoms with van der Waals surface area (Å²) in [5.41, 5.74) is 8.05. The summed E-state index contributed by atoms with van der Waals surface area (Å²) in [6, 6.07) is 7.08. The minimum atomic E-state index is -0.635. The molecule has 1 saturated heterocycles.